The van der Waals surface area contributed by atoms with Crippen LogP contribution in [0.5, 0.6) is 5.75 Å². The molecule has 2 N–H and O–H groups in total. The lowest BCUT2D eigenvalue weighted by molar-refractivity contribution is 0.110. The summed E-state index contributed by atoms with van der Waals surface area (Å²) in [5.41, 5.74) is 5.68. The van der Waals surface area contributed by atoms with Crippen molar-refractivity contribution < 1.29 is 9.84 Å². The monoisotopic (exact) mass is 430 g/mol. The molecule has 0 aliphatic heterocycles. The average Bonchev–Trinajstić information content (AvgIpc) is 2.80. The number of nitrogens with one attached hydrogen (secondary N) is 1. The molecule has 0 fully saturated rings. The van der Waals surface area contributed by atoms with E-state index < -0.39 is 6.10 Å². The number of benzene rings is 3. The molecule has 0 bridgehead atoms. The molecule has 3 aromatic rings. The number of hydrogen-bond donors (Lipinski definition) is 2. The SMILES string of the molecule is CC(C)N[C@@H]1CCc2c(ccc(OCc3ccccc3)c2N(C)Cc2ccccc2)[C@H]1O. The van der Waals surface area contributed by atoms with Gasteiger partial charge in [-0.3, -0.25) is 0 Å². The summed E-state index contributed by atoms with van der Waals surface area (Å²) in [5, 5.41) is 14.7. The number of aliphatic hydroxyl groups is 1. The van der Waals surface area contributed by atoms with Gasteiger partial charge in [-0.05, 0) is 41.2 Å². The third-order valence-electron chi connectivity index (χ3n) is 6.12. The second kappa shape index (κ2) is 10.2. The van der Waals surface area contributed by atoms with Crippen molar-refractivity contribution >= 4 is 5.69 Å². The summed E-state index contributed by atoms with van der Waals surface area (Å²) >= 11 is 0. The first-order valence-corrected chi connectivity index (χ1v) is 11.5. The van der Waals surface area contributed by atoms with Crippen molar-refractivity contribution in [2.45, 2.75) is 58.0 Å². The van der Waals surface area contributed by atoms with Gasteiger partial charge < -0.3 is 20.1 Å². The Morgan fingerprint density at radius 3 is 2.28 bits per heavy atom. The van der Waals surface area contributed by atoms with E-state index in [1.165, 1.54) is 11.1 Å². The summed E-state index contributed by atoms with van der Waals surface area (Å²) in [6, 6.07) is 25.2. The molecule has 0 heterocycles. The summed E-state index contributed by atoms with van der Waals surface area (Å²) < 4.78 is 6.34. The Morgan fingerprint density at radius 2 is 1.62 bits per heavy atom. The van der Waals surface area contributed by atoms with Crippen LogP contribution in [0.15, 0.2) is 72.8 Å². The predicted octanol–water partition coefficient (Wildman–Crippen LogP) is 5.25. The van der Waals surface area contributed by atoms with E-state index in [2.05, 4.69) is 67.5 Å². The van der Waals surface area contributed by atoms with Gasteiger partial charge >= 0.3 is 0 Å². The van der Waals surface area contributed by atoms with Crippen molar-refractivity contribution in [3.8, 4) is 5.75 Å². The summed E-state index contributed by atoms with van der Waals surface area (Å²) in [7, 11) is 2.11. The van der Waals surface area contributed by atoms with Crippen LogP contribution in [0.3, 0.4) is 0 Å². The summed E-state index contributed by atoms with van der Waals surface area (Å²) in [4.78, 5) is 2.26. The van der Waals surface area contributed by atoms with E-state index in [0.29, 0.717) is 12.6 Å². The Kier molecular flexibility index (Phi) is 7.13. The van der Waals surface area contributed by atoms with Crippen LogP contribution in [0.4, 0.5) is 5.69 Å². The Balaban J connectivity index is 1.67. The maximum absolute atomic E-state index is 11.1. The molecule has 4 heteroatoms. The fourth-order valence-corrected chi connectivity index (χ4v) is 4.65. The first-order valence-electron chi connectivity index (χ1n) is 11.5. The third kappa shape index (κ3) is 5.14. The van der Waals surface area contributed by atoms with Crippen LogP contribution in [0.1, 0.15) is 48.6 Å². The van der Waals surface area contributed by atoms with E-state index in [9.17, 15) is 5.11 Å². The molecule has 1 aliphatic carbocycles. The van der Waals surface area contributed by atoms with Crippen molar-refractivity contribution in [2.75, 3.05) is 11.9 Å². The highest BCUT2D eigenvalue weighted by atomic mass is 16.5. The fraction of sp³-hybridized carbons (Fsp3) is 0.357. The van der Waals surface area contributed by atoms with Crippen molar-refractivity contribution in [1.29, 1.82) is 0 Å². The molecule has 2 atom stereocenters. The molecule has 168 valence electrons. The molecule has 0 aromatic heterocycles. The normalized spacial score (nSPS) is 17.8. The van der Waals surface area contributed by atoms with Crippen molar-refractivity contribution in [3.05, 3.63) is 95.1 Å². The molecule has 0 radical (unpaired) electrons. The largest absolute Gasteiger partial charge is 0.487 e. The Labute approximate surface area is 191 Å². The average molecular weight is 431 g/mol. The van der Waals surface area contributed by atoms with Crippen LogP contribution in [0.25, 0.3) is 0 Å². The summed E-state index contributed by atoms with van der Waals surface area (Å²) in [5.74, 6) is 0.869. The highest BCUT2D eigenvalue weighted by Crippen LogP contribution is 2.42. The lowest BCUT2D eigenvalue weighted by atomic mass is 9.84. The van der Waals surface area contributed by atoms with Crippen LogP contribution < -0.4 is 15.0 Å². The molecule has 0 saturated carbocycles. The van der Waals surface area contributed by atoms with Gasteiger partial charge in [-0.1, -0.05) is 80.6 Å². The maximum Gasteiger partial charge on any atom is 0.143 e. The van der Waals surface area contributed by atoms with Gasteiger partial charge in [0.1, 0.15) is 12.4 Å². The summed E-state index contributed by atoms with van der Waals surface area (Å²) in [6.07, 6.45) is 1.29. The van der Waals surface area contributed by atoms with Gasteiger partial charge in [0.2, 0.25) is 0 Å². The number of nitrogens with zero attached hydrogens (tertiary/aromatic N) is 1. The zero-order valence-electron chi connectivity index (χ0n) is 19.3. The molecule has 0 saturated heterocycles. The molecule has 4 rings (SSSR count). The van der Waals surface area contributed by atoms with Crippen LogP contribution in [-0.2, 0) is 19.6 Å². The first-order chi connectivity index (χ1) is 15.5. The number of fused-ring (bicyclic) bond motifs is 1. The fourth-order valence-electron chi connectivity index (χ4n) is 4.65. The third-order valence-corrected chi connectivity index (χ3v) is 6.12. The topological polar surface area (TPSA) is 44.7 Å². The minimum absolute atomic E-state index is 0.0749. The quantitative estimate of drug-likeness (QED) is 0.512. The second-order valence-electron chi connectivity index (χ2n) is 9.01. The molecule has 0 amide bonds. The highest BCUT2D eigenvalue weighted by Gasteiger charge is 2.31. The van der Waals surface area contributed by atoms with Gasteiger partial charge in [-0.15, -0.1) is 0 Å². The number of ether oxygens (including phenoxy) is 1. The number of rotatable bonds is 8. The van der Waals surface area contributed by atoms with E-state index in [1.54, 1.807) is 0 Å². The van der Waals surface area contributed by atoms with Gasteiger partial charge in [0, 0.05) is 25.7 Å². The van der Waals surface area contributed by atoms with E-state index in [1.807, 2.05) is 36.4 Å². The van der Waals surface area contributed by atoms with Gasteiger partial charge in [0.25, 0.3) is 0 Å². The lowest BCUT2D eigenvalue weighted by Gasteiger charge is -2.36. The van der Waals surface area contributed by atoms with Gasteiger partial charge in [0.05, 0.1) is 11.8 Å². The lowest BCUT2D eigenvalue weighted by Crippen LogP contribution is -2.42. The Hall–Kier alpha value is -2.82. The summed E-state index contributed by atoms with van der Waals surface area (Å²) in [6.45, 7) is 5.55. The Bertz CT molecular complexity index is 1000. The minimum Gasteiger partial charge on any atom is -0.487 e. The number of aliphatic hydroxyl groups excluding tert-OH is 1. The highest BCUT2D eigenvalue weighted by molar-refractivity contribution is 5.67. The first kappa shape index (κ1) is 22.4. The van der Waals surface area contributed by atoms with Gasteiger partial charge in [0.15, 0.2) is 0 Å². The van der Waals surface area contributed by atoms with Crippen molar-refractivity contribution in [3.63, 3.8) is 0 Å². The maximum atomic E-state index is 11.1. The van der Waals surface area contributed by atoms with E-state index >= 15 is 0 Å². The van der Waals surface area contributed by atoms with Crippen molar-refractivity contribution in [1.82, 2.24) is 5.32 Å². The molecular formula is C28H34N2O2. The molecule has 1 aliphatic rings. The smallest absolute Gasteiger partial charge is 0.143 e. The van der Waals surface area contributed by atoms with E-state index in [4.69, 9.17) is 4.74 Å². The molecule has 4 nitrogen and oxygen atoms in total. The van der Waals surface area contributed by atoms with Gasteiger partial charge in [-0.25, -0.2) is 0 Å². The van der Waals surface area contributed by atoms with Crippen LogP contribution >= 0.6 is 0 Å². The molecule has 32 heavy (non-hydrogen) atoms. The van der Waals surface area contributed by atoms with E-state index in [-0.39, 0.29) is 6.04 Å². The second-order valence-corrected chi connectivity index (χ2v) is 9.01. The van der Waals surface area contributed by atoms with Crippen molar-refractivity contribution in [2.24, 2.45) is 0 Å². The van der Waals surface area contributed by atoms with Crippen LogP contribution in [0.2, 0.25) is 0 Å². The Morgan fingerprint density at radius 1 is 0.969 bits per heavy atom. The van der Waals surface area contributed by atoms with E-state index in [0.717, 1.165) is 42.0 Å². The number of hydrogen-bond acceptors (Lipinski definition) is 4. The van der Waals surface area contributed by atoms with Gasteiger partial charge in [-0.2, -0.15) is 0 Å². The molecule has 0 spiro atoms. The predicted molar refractivity (Wildman–Crippen MR) is 131 cm³/mol. The zero-order chi connectivity index (χ0) is 22.5. The zero-order valence-corrected chi connectivity index (χ0v) is 19.3. The van der Waals surface area contributed by atoms with Crippen LogP contribution in [0, 0.1) is 0 Å². The number of anilines is 1. The van der Waals surface area contributed by atoms with Crippen LogP contribution in [-0.4, -0.2) is 24.2 Å². The molecular weight excluding hydrogens is 396 g/mol. The standard InChI is InChI=1S/C28H34N2O2/c1-20(2)29-25-16-14-23-24(28(25)31)15-17-26(32-19-22-12-8-5-9-13-22)27(23)30(3)18-21-10-6-4-7-11-21/h4-13,15,17,20,25,28-29,31H,14,16,18-19H2,1-3H3/t25-,28-/m1/s1. The molecule has 3 aromatic carbocycles. The minimum atomic E-state index is -0.520. The molecule has 0 unspecified atom stereocenters.